The molecule has 1 unspecified atom stereocenters. The third-order valence-corrected chi connectivity index (χ3v) is 5.16. The Kier molecular flexibility index (Phi) is 4.92. The van der Waals surface area contributed by atoms with E-state index in [9.17, 15) is 14.7 Å². The first-order valence-corrected chi connectivity index (χ1v) is 8.62. The summed E-state index contributed by atoms with van der Waals surface area (Å²) in [6.45, 7) is 2.58. The SMILES string of the molecule is Cc1ncsc1-c1ccc(CNC(=O)[C@@H]2CC(O)CN2C=O)cc1. The highest BCUT2D eigenvalue weighted by molar-refractivity contribution is 7.13. The van der Waals surface area contributed by atoms with Crippen LogP contribution >= 0.6 is 11.3 Å². The lowest BCUT2D eigenvalue weighted by Crippen LogP contribution is -2.42. The van der Waals surface area contributed by atoms with Gasteiger partial charge in [-0.15, -0.1) is 11.3 Å². The molecule has 1 aromatic carbocycles. The first-order valence-electron chi connectivity index (χ1n) is 7.74. The number of aryl methyl sites for hydroxylation is 1. The van der Waals surface area contributed by atoms with Gasteiger partial charge in [-0.05, 0) is 18.1 Å². The molecule has 3 rings (SSSR count). The van der Waals surface area contributed by atoms with Crippen molar-refractivity contribution in [2.75, 3.05) is 6.54 Å². The smallest absolute Gasteiger partial charge is 0.243 e. The maximum atomic E-state index is 12.2. The van der Waals surface area contributed by atoms with Crippen LogP contribution in [-0.4, -0.2) is 46.0 Å². The molecule has 24 heavy (non-hydrogen) atoms. The van der Waals surface area contributed by atoms with E-state index < -0.39 is 12.1 Å². The second kappa shape index (κ2) is 7.11. The lowest BCUT2D eigenvalue weighted by atomic mass is 10.1. The van der Waals surface area contributed by atoms with E-state index in [0.717, 1.165) is 21.7 Å². The third-order valence-electron chi connectivity index (χ3n) is 4.18. The normalized spacial score (nSPS) is 20.2. The Labute approximate surface area is 144 Å². The molecule has 1 aromatic heterocycles. The van der Waals surface area contributed by atoms with E-state index in [0.29, 0.717) is 13.0 Å². The number of aliphatic hydroxyl groups excluding tert-OH is 1. The van der Waals surface area contributed by atoms with Gasteiger partial charge in [0.1, 0.15) is 6.04 Å². The molecule has 1 aliphatic heterocycles. The second-order valence-corrected chi connectivity index (χ2v) is 6.74. The summed E-state index contributed by atoms with van der Waals surface area (Å²) in [5.74, 6) is -0.235. The van der Waals surface area contributed by atoms with Gasteiger partial charge >= 0.3 is 0 Å². The van der Waals surface area contributed by atoms with Gasteiger partial charge in [-0.25, -0.2) is 4.98 Å². The average Bonchev–Trinajstić information content (AvgIpc) is 3.18. The van der Waals surface area contributed by atoms with Crippen LogP contribution in [0.3, 0.4) is 0 Å². The molecular formula is C17H19N3O3S. The molecule has 0 saturated carbocycles. The predicted molar refractivity (Wildman–Crippen MR) is 91.3 cm³/mol. The summed E-state index contributed by atoms with van der Waals surface area (Å²) in [6, 6.07) is 7.38. The van der Waals surface area contributed by atoms with Gasteiger partial charge in [0, 0.05) is 19.5 Å². The molecule has 2 amide bonds. The van der Waals surface area contributed by atoms with E-state index >= 15 is 0 Å². The molecule has 1 saturated heterocycles. The largest absolute Gasteiger partial charge is 0.391 e. The number of carbonyl (C=O) groups is 2. The van der Waals surface area contributed by atoms with Crippen LogP contribution in [0.25, 0.3) is 10.4 Å². The molecule has 0 bridgehead atoms. The maximum absolute atomic E-state index is 12.2. The number of hydrogen-bond donors (Lipinski definition) is 2. The lowest BCUT2D eigenvalue weighted by Gasteiger charge is -2.18. The van der Waals surface area contributed by atoms with Crippen molar-refractivity contribution in [1.82, 2.24) is 15.2 Å². The fourth-order valence-corrected chi connectivity index (χ4v) is 3.68. The van der Waals surface area contributed by atoms with E-state index in [1.54, 1.807) is 11.3 Å². The standard InChI is InChI=1S/C17H19N3O3S/c1-11-16(24-9-19-11)13-4-2-12(3-5-13)7-18-17(23)15-6-14(22)8-20(15)10-21/h2-5,9-10,14-15,22H,6-8H2,1H3,(H,18,23)/t14?,15-/m0/s1. The number of amides is 2. The van der Waals surface area contributed by atoms with Crippen molar-refractivity contribution in [3.05, 3.63) is 41.0 Å². The number of nitrogens with one attached hydrogen (secondary N) is 1. The number of aromatic nitrogens is 1. The van der Waals surface area contributed by atoms with Gasteiger partial charge in [0.25, 0.3) is 0 Å². The quantitative estimate of drug-likeness (QED) is 0.801. The van der Waals surface area contributed by atoms with Crippen molar-refractivity contribution in [3.8, 4) is 10.4 Å². The van der Waals surface area contributed by atoms with Gasteiger partial charge in [-0.3, -0.25) is 9.59 Å². The van der Waals surface area contributed by atoms with Crippen molar-refractivity contribution in [2.24, 2.45) is 0 Å². The first-order chi connectivity index (χ1) is 11.6. The number of aliphatic hydroxyl groups is 1. The maximum Gasteiger partial charge on any atom is 0.243 e. The Morgan fingerprint density at radius 3 is 2.83 bits per heavy atom. The number of β-amino-alcohol motifs (C(OH)–C–C–N with tert-alkyl or cyclic N) is 1. The van der Waals surface area contributed by atoms with E-state index in [1.165, 1.54) is 4.90 Å². The van der Waals surface area contributed by atoms with Crippen molar-refractivity contribution in [2.45, 2.75) is 32.0 Å². The molecular weight excluding hydrogens is 326 g/mol. The van der Waals surface area contributed by atoms with E-state index in [1.807, 2.05) is 36.7 Å². The second-order valence-electron chi connectivity index (χ2n) is 5.89. The van der Waals surface area contributed by atoms with Gasteiger partial charge in [-0.1, -0.05) is 24.3 Å². The van der Waals surface area contributed by atoms with Gasteiger partial charge in [-0.2, -0.15) is 0 Å². The fraction of sp³-hybridized carbons (Fsp3) is 0.353. The van der Waals surface area contributed by atoms with Crippen molar-refractivity contribution in [1.29, 1.82) is 0 Å². The van der Waals surface area contributed by atoms with E-state index in [2.05, 4.69) is 10.3 Å². The minimum absolute atomic E-state index is 0.213. The van der Waals surface area contributed by atoms with Crippen LogP contribution in [0.4, 0.5) is 0 Å². The molecule has 2 N–H and O–H groups in total. The summed E-state index contributed by atoms with van der Waals surface area (Å²) in [4.78, 5) is 29.9. The summed E-state index contributed by atoms with van der Waals surface area (Å²) >= 11 is 1.60. The first kappa shape index (κ1) is 16.6. The molecule has 2 atom stereocenters. The summed E-state index contributed by atoms with van der Waals surface area (Å²) in [7, 11) is 0. The Balaban J connectivity index is 1.60. The molecule has 6 nitrogen and oxygen atoms in total. The Morgan fingerprint density at radius 1 is 1.46 bits per heavy atom. The van der Waals surface area contributed by atoms with Crippen LogP contribution < -0.4 is 5.32 Å². The van der Waals surface area contributed by atoms with E-state index in [-0.39, 0.29) is 18.9 Å². The minimum atomic E-state index is -0.632. The molecule has 2 aromatic rings. The topological polar surface area (TPSA) is 82.5 Å². The molecule has 0 spiro atoms. The van der Waals surface area contributed by atoms with Gasteiger partial charge in [0.2, 0.25) is 12.3 Å². The lowest BCUT2D eigenvalue weighted by molar-refractivity contribution is -0.131. The molecule has 7 heteroatoms. The highest BCUT2D eigenvalue weighted by Crippen LogP contribution is 2.27. The van der Waals surface area contributed by atoms with Crippen molar-refractivity contribution >= 4 is 23.7 Å². The van der Waals surface area contributed by atoms with Crippen LogP contribution in [0.2, 0.25) is 0 Å². The molecule has 2 heterocycles. The summed E-state index contributed by atoms with van der Waals surface area (Å²) in [5, 5.41) is 12.4. The summed E-state index contributed by atoms with van der Waals surface area (Å²) < 4.78 is 0. The minimum Gasteiger partial charge on any atom is -0.391 e. The van der Waals surface area contributed by atoms with Crippen molar-refractivity contribution in [3.63, 3.8) is 0 Å². The molecule has 1 aliphatic rings. The monoisotopic (exact) mass is 345 g/mol. The zero-order chi connectivity index (χ0) is 17.1. The van der Waals surface area contributed by atoms with Crippen LogP contribution in [0.1, 0.15) is 17.7 Å². The Bertz CT molecular complexity index is 729. The number of benzene rings is 1. The van der Waals surface area contributed by atoms with Gasteiger partial charge in [0.05, 0.1) is 22.2 Å². The van der Waals surface area contributed by atoms with Crippen LogP contribution in [0.15, 0.2) is 29.8 Å². The molecule has 1 fully saturated rings. The van der Waals surface area contributed by atoms with E-state index in [4.69, 9.17) is 0 Å². The number of thiazole rings is 1. The van der Waals surface area contributed by atoms with Crippen LogP contribution in [-0.2, 0) is 16.1 Å². The van der Waals surface area contributed by atoms with Crippen LogP contribution in [0, 0.1) is 6.92 Å². The molecule has 0 aliphatic carbocycles. The zero-order valence-electron chi connectivity index (χ0n) is 13.3. The highest BCUT2D eigenvalue weighted by atomic mass is 32.1. The Hall–Kier alpha value is -2.25. The molecule has 126 valence electrons. The summed E-state index contributed by atoms with van der Waals surface area (Å²) in [5.41, 5.74) is 4.92. The summed E-state index contributed by atoms with van der Waals surface area (Å²) in [6.07, 6.45) is 0.272. The highest BCUT2D eigenvalue weighted by Gasteiger charge is 2.34. The van der Waals surface area contributed by atoms with Gasteiger partial charge in [0.15, 0.2) is 0 Å². The number of hydrogen-bond acceptors (Lipinski definition) is 5. The fourth-order valence-electron chi connectivity index (χ4n) is 2.87. The number of rotatable bonds is 5. The van der Waals surface area contributed by atoms with Crippen molar-refractivity contribution < 1.29 is 14.7 Å². The molecule has 0 radical (unpaired) electrons. The zero-order valence-corrected chi connectivity index (χ0v) is 14.1. The number of nitrogens with zero attached hydrogens (tertiary/aromatic N) is 2. The predicted octanol–water partition coefficient (Wildman–Crippen LogP) is 1.33. The third kappa shape index (κ3) is 3.47. The van der Waals surface area contributed by atoms with Crippen LogP contribution in [0.5, 0.6) is 0 Å². The average molecular weight is 345 g/mol. The Morgan fingerprint density at radius 2 is 2.21 bits per heavy atom. The number of carbonyl (C=O) groups excluding carboxylic acids is 2. The number of likely N-dealkylation sites (tertiary alicyclic amines) is 1. The van der Waals surface area contributed by atoms with Gasteiger partial charge < -0.3 is 15.3 Å².